The molecule has 10 nitrogen and oxygen atoms in total. The number of rotatable bonds is 7. The van der Waals surface area contributed by atoms with E-state index in [2.05, 4.69) is 37.8 Å². The van der Waals surface area contributed by atoms with Gasteiger partial charge >= 0.3 is 6.09 Å². The van der Waals surface area contributed by atoms with Crippen molar-refractivity contribution in [3.05, 3.63) is 36.8 Å². The van der Waals surface area contributed by atoms with Crippen molar-refractivity contribution in [3.8, 4) is 5.82 Å². The Hall–Kier alpha value is -2.50. The van der Waals surface area contributed by atoms with Crippen LogP contribution in [0.15, 0.2) is 41.7 Å². The van der Waals surface area contributed by atoms with E-state index < -0.39 is 16.1 Å². The van der Waals surface area contributed by atoms with E-state index in [1.807, 2.05) is 4.72 Å². The van der Waals surface area contributed by atoms with Crippen LogP contribution < -0.4 is 4.72 Å². The summed E-state index contributed by atoms with van der Waals surface area (Å²) >= 11 is 0. The summed E-state index contributed by atoms with van der Waals surface area (Å²) in [7, 11) is -4.15. The van der Waals surface area contributed by atoms with E-state index in [9.17, 15) is 23.4 Å². The molecule has 4 unspecified atom stereocenters. The second-order valence-electron chi connectivity index (χ2n) is 14.6. The van der Waals surface area contributed by atoms with Gasteiger partial charge in [0.25, 0.3) is 10.0 Å². The van der Waals surface area contributed by atoms with Gasteiger partial charge in [-0.25, -0.2) is 27.6 Å². The lowest BCUT2D eigenvalue weighted by Gasteiger charge is -2.64. The normalized spacial score (nSPS) is 39.0. The zero-order valence-electron chi connectivity index (χ0n) is 26.3. The molecule has 11 heteroatoms. The van der Waals surface area contributed by atoms with Crippen LogP contribution in [-0.4, -0.2) is 58.3 Å². The molecule has 1 amide bonds. The van der Waals surface area contributed by atoms with Crippen LogP contribution in [0.3, 0.4) is 0 Å². The third kappa shape index (κ3) is 5.26. The van der Waals surface area contributed by atoms with Gasteiger partial charge in [0.2, 0.25) is 0 Å². The van der Waals surface area contributed by atoms with E-state index in [-0.39, 0.29) is 52.3 Å². The molecule has 4 aliphatic carbocycles. The van der Waals surface area contributed by atoms with Crippen molar-refractivity contribution >= 4 is 16.1 Å². The Morgan fingerprint density at radius 2 is 1.86 bits per heavy atom. The largest absolute Gasteiger partial charge is 0.449 e. The highest BCUT2D eigenvalue weighted by Gasteiger charge is 2.64. The Labute approximate surface area is 261 Å². The van der Waals surface area contributed by atoms with Gasteiger partial charge in [-0.05, 0) is 115 Å². The molecule has 2 aromatic heterocycles. The first kappa shape index (κ1) is 31.5. The van der Waals surface area contributed by atoms with Gasteiger partial charge in [0.1, 0.15) is 4.90 Å². The molecule has 3 N–H and O–H groups in total. The van der Waals surface area contributed by atoms with Crippen molar-refractivity contribution in [1.82, 2.24) is 19.5 Å². The zero-order valence-corrected chi connectivity index (χ0v) is 27.1. The molecule has 2 heterocycles. The minimum Gasteiger partial charge on any atom is -0.449 e. The summed E-state index contributed by atoms with van der Waals surface area (Å²) in [6.07, 6.45) is 10.7. The first-order valence-electron chi connectivity index (χ1n) is 16.4. The highest BCUT2D eigenvalue weighted by atomic mass is 32.2. The van der Waals surface area contributed by atoms with E-state index >= 15 is 0 Å². The number of fused-ring (bicyclic) bond motifs is 5. The first-order valence-corrected chi connectivity index (χ1v) is 17.9. The van der Waals surface area contributed by atoms with Crippen molar-refractivity contribution in [2.24, 2.45) is 52.3 Å². The summed E-state index contributed by atoms with van der Waals surface area (Å²) in [4.78, 5) is 16.7. The maximum absolute atomic E-state index is 12.8. The molecule has 4 saturated carbocycles. The summed E-state index contributed by atoms with van der Waals surface area (Å²) < 4.78 is 34.7. The first-order chi connectivity index (χ1) is 20.9. The lowest BCUT2D eigenvalue weighted by Crippen LogP contribution is -2.62. The fourth-order valence-electron chi connectivity index (χ4n) is 10.5. The van der Waals surface area contributed by atoms with Gasteiger partial charge in [-0.15, -0.1) is 0 Å². The maximum atomic E-state index is 12.8. The number of hydrogen-bond acceptors (Lipinski definition) is 8. The van der Waals surface area contributed by atoms with Crippen LogP contribution in [-0.2, 0) is 14.8 Å². The summed E-state index contributed by atoms with van der Waals surface area (Å²) in [6.45, 7) is 9.22. The SMILES string of the molecule is CC[C@@H]1C2C[C@H](O)CCC2(C)[C@H]2CCC3(C)[C@@H]([C@H](C)COC(=O)NS(=O)(=O)c4ccc(-n5cccn5)nc4)CC[C@H]3C2[C@@H]1O. The maximum Gasteiger partial charge on any atom is 0.421 e. The van der Waals surface area contributed by atoms with Crippen molar-refractivity contribution in [2.75, 3.05) is 6.61 Å². The highest BCUT2D eigenvalue weighted by Crippen LogP contribution is 2.69. The molecular weight excluding hydrogens is 580 g/mol. The fraction of sp³-hybridized carbons (Fsp3) is 0.727. The monoisotopic (exact) mass is 628 g/mol. The smallest absolute Gasteiger partial charge is 0.421 e. The number of ether oxygens (including phenoxy) is 1. The van der Waals surface area contributed by atoms with Crippen molar-refractivity contribution in [1.29, 1.82) is 0 Å². The van der Waals surface area contributed by atoms with Crippen LogP contribution >= 0.6 is 0 Å². The van der Waals surface area contributed by atoms with E-state index in [0.29, 0.717) is 29.5 Å². The molecule has 4 aliphatic rings. The van der Waals surface area contributed by atoms with Crippen molar-refractivity contribution in [2.45, 2.75) is 96.2 Å². The average Bonchev–Trinajstić information content (AvgIpc) is 3.65. The second kappa shape index (κ2) is 11.7. The Kier molecular flexibility index (Phi) is 8.37. The number of sulfonamides is 1. The van der Waals surface area contributed by atoms with Crippen LogP contribution in [0.25, 0.3) is 5.82 Å². The van der Waals surface area contributed by atoms with Crippen molar-refractivity contribution < 1.29 is 28.2 Å². The number of nitrogens with one attached hydrogen (secondary N) is 1. The van der Waals surface area contributed by atoms with Crippen LogP contribution in [0.4, 0.5) is 4.79 Å². The van der Waals surface area contributed by atoms with Gasteiger partial charge in [-0.3, -0.25) is 0 Å². The second-order valence-corrected chi connectivity index (χ2v) is 16.3. The van der Waals surface area contributed by atoms with Crippen molar-refractivity contribution in [3.63, 3.8) is 0 Å². The number of pyridine rings is 1. The Morgan fingerprint density at radius 3 is 2.55 bits per heavy atom. The number of aliphatic hydroxyl groups excluding tert-OH is 2. The van der Waals surface area contributed by atoms with Gasteiger partial charge in [-0.2, -0.15) is 5.10 Å². The highest BCUT2D eigenvalue weighted by molar-refractivity contribution is 7.90. The molecule has 2 aromatic rings. The van der Waals surface area contributed by atoms with Gasteiger partial charge in [0, 0.05) is 18.6 Å². The Balaban J connectivity index is 1.10. The number of aliphatic hydroxyl groups is 2. The standard InChI is InChI=1S/C33H48N4O6S/c1-5-23-27-17-21(38)11-13-33(27,4)26-12-14-32(3)24(8-9-25(32)29(26)30(23)39)20(2)19-43-31(40)36-44(41,42)22-7-10-28(34-18-22)37-16-6-15-35-37/h6-7,10,15-16,18,20-21,23-27,29-30,38-39H,5,8-9,11-14,17,19H2,1-4H3,(H,36,40)/t20-,21-,23-,24-,25+,26+,27?,29?,30-,32?,33?/m1/s1. The third-order valence-corrected chi connectivity index (χ3v) is 13.9. The average molecular weight is 629 g/mol. The van der Waals surface area contributed by atoms with E-state index in [4.69, 9.17) is 4.74 Å². The molecule has 0 aromatic carbocycles. The van der Waals surface area contributed by atoms with E-state index in [1.54, 1.807) is 18.5 Å². The number of hydrogen-bond donors (Lipinski definition) is 3. The summed E-state index contributed by atoms with van der Waals surface area (Å²) in [5.41, 5.74) is 0.168. The third-order valence-electron chi connectivity index (χ3n) is 12.6. The molecule has 0 spiro atoms. The quantitative estimate of drug-likeness (QED) is 0.391. The molecule has 44 heavy (non-hydrogen) atoms. The lowest BCUT2D eigenvalue weighted by atomic mass is 9.41. The molecule has 0 bridgehead atoms. The van der Waals surface area contributed by atoms with E-state index in [0.717, 1.165) is 51.4 Å². The molecule has 11 atom stereocenters. The van der Waals surface area contributed by atoms with Crippen LogP contribution in [0.2, 0.25) is 0 Å². The minimum atomic E-state index is -4.15. The summed E-state index contributed by atoms with van der Waals surface area (Å²) in [6, 6.07) is 4.63. The predicted molar refractivity (Wildman–Crippen MR) is 164 cm³/mol. The Bertz CT molecular complexity index is 1430. The number of aromatic nitrogens is 3. The topological polar surface area (TPSA) is 144 Å². The van der Waals surface area contributed by atoms with Gasteiger partial charge in [-0.1, -0.05) is 34.1 Å². The van der Waals surface area contributed by atoms with Crippen LogP contribution in [0, 0.1) is 52.3 Å². The zero-order chi connectivity index (χ0) is 31.4. The fourth-order valence-corrected chi connectivity index (χ4v) is 11.4. The van der Waals surface area contributed by atoms with Crippen LogP contribution in [0.5, 0.6) is 0 Å². The van der Waals surface area contributed by atoms with Gasteiger partial charge < -0.3 is 14.9 Å². The van der Waals surface area contributed by atoms with Gasteiger partial charge in [0.15, 0.2) is 5.82 Å². The summed E-state index contributed by atoms with van der Waals surface area (Å²) in [5, 5.41) is 26.5. The molecule has 242 valence electrons. The molecule has 4 fully saturated rings. The van der Waals surface area contributed by atoms with Gasteiger partial charge in [0.05, 0.1) is 18.8 Å². The number of nitrogens with zero attached hydrogens (tertiary/aromatic N) is 3. The lowest BCUT2D eigenvalue weighted by molar-refractivity contribution is -0.203. The molecule has 0 saturated heterocycles. The predicted octanol–water partition coefficient (Wildman–Crippen LogP) is 4.95. The number of carbonyl (C=O) groups is 1. The molecular formula is C33H48N4O6S. The van der Waals surface area contributed by atoms with Crippen LogP contribution in [0.1, 0.15) is 79.1 Å². The summed E-state index contributed by atoms with van der Waals surface area (Å²) in [5.74, 6) is 2.48. The number of amides is 1. The minimum absolute atomic E-state index is 0.0190. The van der Waals surface area contributed by atoms with E-state index in [1.165, 1.54) is 23.0 Å². The Morgan fingerprint density at radius 1 is 1.11 bits per heavy atom. The number of carbonyl (C=O) groups excluding carboxylic acids is 1. The molecule has 0 radical (unpaired) electrons. The molecule has 0 aliphatic heterocycles. The molecule has 6 rings (SSSR count).